The first-order chi connectivity index (χ1) is 10.2. The minimum Gasteiger partial charge on any atom is -0.493 e. The monoisotopic (exact) mass is 289 g/mol. The Bertz CT molecular complexity index is 632. The normalized spacial score (nSPS) is 10.0. The highest BCUT2D eigenvalue weighted by Gasteiger charge is 2.19. The van der Waals surface area contributed by atoms with E-state index < -0.39 is 4.92 Å². The Morgan fingerprint density at radius 1 is 1.19 bits per heavy atom. The number of nitro benzene ring substituents is 1. The molecule has 0 aliphatic rings. The molecule has 0 radical (unpaired) electrons. The first-order valence-electron chi connectivity index (χ1n) is 6.19. The number of nitro groups is 1. The van der Waals surface area contributed by atoms with Crippen molar-refractivity contribution >= 4 is 11.4 Å². The van der Waals surface area contributed by atoms with E-state index in [4.69, 9.17) is 9.47 Å². The van der Waals surface area contributed by atoms with E-state index in [0.717, 1.165) is 5.56 Å². The van der Waals surface area contributed by atoms with Crippen LogP contribution in [-0.4, -0.2) is 24.1 Å². The first kappa shape index (κ1) is 14.6. The number of rotatable bonds is 6. The molecule has 0 unspecified atom stereocenters. The van der Waals surface area contributed by atoms with Gasteiger partial charge < -0.3 is 14.8 Å². The zero-order valence-electron chi connectivity index (χ0n) is 11.7. The second kappa shape index (κ2) is 6.56. The van der Waals surface area contributed by atoms with Crippen molar-refractivity contribution in [2.24, 2.45) is 0 Å². The zero-order valence-corrected chi connectivity index (χ0v) is 11.7. The van der Waals surface area contributed by atoms with Crippen LogP contribution in [0.25, 0.3) is 0 Å². The van der Waals surface area contributed by atoms with Gasteiger partial charge in [0.2, 0.25) is 0 Å². The molecule has 1 N–H and O–H groups in total. The van der Waals surface area contributed by atoms with Crippen LogP contribution in [0.3, 0.4) is 0 Å². The smallest absolute Gasteiger partial charge is 0.296 e. The number of benzene rings is 1. The molecule has 0 bridgehead atoms. The van der Waals surface area contributed by atoms with Gasteiger partial charge in [-0.1, -0.05) is 0 Å². The SMILES string of the molecule is COc1cc(NCc2ccncc2)c([N+](=O)[O-])cc1OC. The highest BCUT2D eigenvalue weighted by molar-refractivity contribution is 5.68. The van der Waals surface area contributed by atoms with E-state index in [0.29, 0.717) is 23.7 Å². The molecule has 110 valence electrons. The summed E-state index contributed by atoms with van der Waals surface area (Å²) in [7, 11) is 2.92. The molecule has 0 fully saturated rings. The Balaban J connectivity index is 2.30. The maximum Gasteiger partial charge on any atom is 0.296 e. The average Bonchev–Trinajstić information content (AvgIpc) is 2.52. The van der Waals surface area contributed by atoms with Gasteiger partial charge in [-0.25, -0.2) is 0 Å². The summed E-state index contributed by atoms with van der Waals surface area (Å²) in [5.41, 5.74) is 1.27. The lowest BCUT2D eigenvalue weighted by atomic mass is 10.2. The molecule has 2 rings (SSSR count). The molecule has 1 heterocycles. The minimum atomic E-state index is -0.461. The van der Waals surface area contributed by atoms with Crippen LogP contribution in [0.1, 0.15) is 5.56 Å². The fraction of sp³-hybridized carbons (Fsp3) is 0.214. The van der Waals surface area contributed by atoms with E-state index in [1.807, 2.05) is 12.1 Å². The van der Waals surface area contributed by atoms with Crippen molar-refractivity contribution in [1.29, 1.82) is 0 Å². The average molecular weight is 289 g/mol. The van der Waals surface area contributed by atoms with Gasteiger partial charge in [-0.05, 0) is 17.7 Å². The van der Waals surface area contributed by atoms with E-state index >= 15 is 0 Å². The molecular weight excluding hydrogens is 274 g/mol. The van der Waals surface area contributed by atoms with Crippen molar-refractivity contribution in [3.63, 3.8) is 0 Å². The number of aromatic nitrogens is 1. The molecule has 7 heteroatoms. The van der Waals surface area contributed by atoms with Gasteiger partial charge in [0, 0.05) is 25.0 Å². The molecule has 0 aliphatic heterocycles. The van der Waals surface area contributed by atoms with Gasteiger partial charge in [0.1, 0.15) is 5.69 Å². The lowest BCUT2D eigenvalue weighted by molar-refractivity contribution is -0.384. The molecule has 0 atom stereocenters. The van der Waals surface area contributed by atoms with Gasteiger partial charge in [0.05, 0.1) is 25.2 Å². The number of nitrogens with zero attached hydrogens (tertiary/aromatic N) is 2. The second-order valence-electron chi connectivity index (χ2n) is 4.19. The van der Waals surface area contributed by atoms with Crippen LogP contribution in [0.15, 0.2) is 36.7 Å². The predicted octanol–water partition coefficient (Wildman–Crippen LogP) is 2.62. The number of hydrogen-bond donors (Lipinski definition) is 1. The summed E-state index contributed by atoms with van der Waals surface area (Å²) < 4.78 is 10.2. The van der Waals surface area contributed by atoms with Crippen molar-refractivity contribution in [2.45, 2.75) is 6.54 Å². The number of ether oxygens (including phenoxy) is 2. The Labute approximate surface area is 121 Å². The third-order valence-corrected chi connectivity index (χ3v) is 2.93. The van der Waals surface area contributed by atoms with Crippen LogP contribution in [-0.2, 0) is 6.54 Å². The Kier molecular flexibility index (Phi) is 4.55. The first-order valence-corrected chi connectivity index (χ1v) is 6.19. The minimum absolute atomic E-state index is 0.0679. The molecule has 1 aromatic heterocycles. The summed E-state index contributed by atoms with van der Waals surface area (Å²) in [4.78, 5) is 14.6. The van der Waals surface area contributed by atoms with Gasteiger partial charge >= 0.3 is 0 Å². The topological polar surface area (TPSA) is 86.5 Å². The summed E-state index contributed by atoms with van der Waals surface area (Å²) in [6, 6.07) is 6.56. The molecule has 1 aromatic carbocycles. The van der Waals surface area contributed by atoms with Gasteiger partial charge in [0.25, 0.3) is 5.69 Å². The third kappa shape index (κ3) is 3.38. The lowest BCUT2D eigenvalue weighted by Gasteiger charge is -2.12. The van der Waals surface area contributed by atoms with E-state index in [2.05, 4.69) is 10.3 Å². The molecule has 0 saturated carbocycles. The summed E-state index contributed by atoms with van der Waals surface area (Å²) >= 11 is 0. The van der Waals surface area contributed by atoms with Crippen molar-refractivity contribution in [1.82, 2.24) is 4.98 Å². The van der Waals surface area contributed by atoms with Crippen molar-refractivity contribution in [2.75, 3.05) is 19.5 Å². The molecule has 0 amide bonds. The van der Waals surface area contributed by atoms with Crippen LogP contribution in [0.2, 0.25) is 0 Å². The summed E-state index contributed by atoms with van der Waals surface area (Å²) in [5, 5.41) is 14.2. The molecule has 2 aromatic rings. The zero-order chi connectivity index (χ0) is 15.2. The molecule has 0 aliphatic carbocycles. The summed E-state index contributed by atoms with van der Waals surface area (Å²) in [5.74, 6) is 0.749. The molecular formula is C14H15N3O4. The number of nitrogens with one attached hydrogen (secondary N) is 1. The molecule has 0 spiro atoms. The van der Waals surface area contributed by atoms with Crippen LogP contribution in [0, 0.1) is 10.1 Å². The van der Waals surface area contributed by atoms with Crippen LogP contribution in [0.4, 0.5) is 11.4 Å². The van der Waals surface area contributed by atoms with Crippen LogP contribution < -0.4 is 14.8 Å². The number of anilines is 1. The van der Waals surface area contributed by atoms with Crippen LogP contribution >= 0.6 is 0 Å². The van der Waals surface area contributed by atoms with E-state index in [-0.39, 0.29) is 5.69 Å². The third-order valence-electron chi connectivity index (χ3n) is 2.93. The highest BCUT2D eigenvalue weighted by Crippen LogP contribution is 2.37. The van der Waals surface area contributed by atoms with Gasteiger partial charge in [-0.3, -0.25) is 15.1 Å². The Morgan fingerprint density at radius 3 is 2.38 bits per heavy atom. The van der Waals surface area contributed by atoms with Crippen molar-refractivity contribution in [3.05, 3.63) is 52.3 Å². The van der Waals surface area contributed by atoms with E-state index in [9.17, 15) is 10.1 Å². The Morgan fingerprint density at radius 2 is 1.81 bits per heavy atom. The molecule has 21 heavy (non-hydrogen) atoms. The maximum absolute atomic E-state index is 11.2. The fourth-order valence-corrected chi connectivity index (χ4v) is 1.86. The van der Waals surface area contributed by atoms with E-state index in [1.165, 1.54) is 20.3 Å². The number of pyridine rings is 1. The van der Waals surface area contributed by atoms with Gasteiger partial charge in [-0.15, -0.1) is 0 Å². The second-order valence-corrected chi connectivity index (χ2v) is 4.19. The number of hydrogen-bond acceptors (Lipinski definition) is 6. The lowest BCUT2D eigenvalue weighted by Crippen LogP contribution is -2.04. The predicted molar refractivity (Wildman–Crippen MR) is 77.8 cm³/mol. The quantitative estimate of drug-likeness (QED) is 0.649. The van der Waals surface area contributed by atoms with Crippen LogP contribution in [0.5, 0.6) is 11.5 Å². The molecule has 7 nitrogen and oxygen atoms in total. The maximum atomic E-state index is 11.2. The van der Waals surface area contributed by atoms with Crippen molar-refractivity contribution < 1.29 is 14.4 Å². The van der Waals surface area contributed by atoms with Crippen molar-refractivity contribution in [3.8, 4) is 11.5 Å². The summed E-state index contributed by atoms with van der Waals surface area (Å²) in [6.45, 7) is 0.443. The van der Waals surface area contributed by atoms with E-state index in [1.54, 1.807) is 18.5 Å². The largest absolute Gasteiger partial charge is 0.493 e. The van der Waals surface area contributed by atoms with Gasteiger partial charge in [0.15, 0.2) is 11.5 Å². The highest BCUT2D eigenvalue weighted by atomic mass is 16.6. The standard InChI is InChI=1S/C14H15N3O4/c1-20-13-7-11(12(17(18)19)8-14(13)21-2)16-9-10-3-5-15-6-4-10/h3-8,16H,9H2,1-2H3. The summed E-state index contributed by atoms with van der Waals surface area (Å²) in [6.07, 6.45) is 3.33. The van der Waals surface area contributed by atoms with Gasteiger partial charge in [-0.2, -0.15) is 0 Å². The Hall–Kier alpha value is -2.83. The molecule has 0 saturated heterocycles. The number of methoxy groups -OCH3 is 2. The fourth-order valence-electron chi connectivity index (χ4n) is 1.86.